The number of pyridine rings is 1. The Hall–Kier alpha value is -3.13. The van der Waals surface area contributed by atoms with Crippen LogP contribution in [0.5, 0.6) is 0 Å². The average Bonchev–Trinajstić information content (AvgIpc) is 3.13. The Balaban J connectivity index is 1.96. The molecular weight excluding hydrogens is 424 g/mol. The molecule has 35 heavy (non-hydrogen) atoms. The van der Waals surface area contributed by atoms with Crippen LogP contribution in [-0.4, -0.2) is 4.40 Å². The van der Waals surface area contributed by atoms with E-state index >= 15 is 0 Å². The van der Waals surface area contributed by atoms with E-state index < -0.39 is 0 Å². The predicted octanol–water partition coefficient (Wildman–Crippen LogP) is 7.58. The second kappa shape index (κ2) is 6.75. The van der Waals surface area contributed by atoms with Crippen LogP contribution in [0.3, 0.4) is 0 Å². The Bertz CT molecular complexity index is 1690. The van der Waals surface area contributed by atoms with Crippen molar-refractivity contribution in [2.75, 3.05) is 0 Å². The molecule has 6 rings (SSSR count). The molecule has 3 heterocycles. The van der Waals surface area contributed by atoms with E-state index in [9.17, 15) is 0 Å². The molecule has 0 saturated carbocycles. The Morgan fingerprint density at radius 3 is 2.09 bits per heavy atom. The molecule has 0 N–H and O–H groups in total. The summed E-state index contributed by atoms with van der Waals surface area (Å²) in [5, 5.41) is 4.07. The number of imidazole rings is 1. The van der Waals surface area contributed by atoms with Gasteiger partial charge in [-0.25, -0.2) is 4.57 Å². The summed E-state index contributed by atoms with van der Waals surface area (Å²) in [4.78, 5) is 0. The molecule has 0 aliphatic carbocycles. The van der Waals surface area contributed by atoms with Crippen LogP contribution in [0.4, 0.5) is 0 Å². The summed E-state index contributed by atoms with van der Waals surface area (Å²) in [7, 11) is 2.29. The second-order valence-corrected chi connectivity index (χ2v) is 12.3. The van der Waals surface area contributed by atoms with Gasteiger partial charge in [-0.15, -0.1) is 0 Å². The lowest BCUT2D eigenvalue weighted by molar-refractivity contribution is -0.654. The lowest BCUT2D eigenvalue weighted by Gasteiger charge is -2.44. The van der Waals surface area contributed by atoms with Crippen LogP contribution < -0.4 is 4.57 Å². The minimum absolute atomic E-state index is 0.0329. The molecule has 2 aromatic heterocycles. The number of nitrogens with zero attached hydrogens (tertiary/aromatic N) is 2. The van der Waals surface area contributed by atoms with Crippen molar-refractivity contribution in [3.8, 4) is 0 Å². The second-order valence-electron chi connectivity index (χ2n) is 12.3. The maximum Gasteiger partial charge on any atom is 0.295 e. The van der Waals surface area contributed by atoms with Crippen LogP contribution in [0.15, 0.2) is 60.7 Å². The van der Waals surface area contributed by atoms with Gasteiger partial charge in [0.05, 0.1) is 17.8 Å². The van der Waals surface area contributed by atoms with E-state index in [2.05, 4.69) is 132 Å². The first-order chi connectivity index (χ1) is 16.4. The molecule has 0 unspecified atom stereocenters. The van der Waals surface area contributed by atoms with Crippen molar-refractivity contribution in [1.29, 1.82) is 0 Å². The highest BCUT2D eigenvalue weighted by Gasteiger charge is 2.54. The van der Waals surface area contributed by atoms with E-state index in [0.29, 0.717) is 0 Å². The van der Waals surface area contributed by atoms with Crippen molar-refractivity contribution in [1.82, 2.24) is 4.40 Å². The van der Waals surface area contributed by atoms with Crippen molar-refractivity contribution < 1.29 is 4.57 Å². The molecule has 5 aromatic rings. The van der Waals surface area contributed by atoms with Gasteiger partial charge in [0.15, 0.2) is 11.4 Å². The van der Waals surface area contributed by atoms with Gasteiger partial charge in [0.1, 0.15) is 5.52 Å². The zero-order valence-electron chi connectivity index (χ0n) is 22.7. The van der Waals surface area contributed by atoms with Gasteiger partial charge in [-0.05, 0) is 44.4 Å². The normalized spacial score (nSPS) is 16.6. The van der Waals surface area contributed by atoms with Gasteiger partial charge in [-0.3, -0.25) is 0 Å². The molecule has 0 fully saturated rings. The molecule has 0 atom stereocenters. The molecule has 0 amide bonds. The van der Waals surface area contributed by atoms with E-state index in [4.69, 9.17) is 0 Å². The first-order valence-electron chi connectivity index (χ1n) is 12.9. The van der Waals surface area contributed by atoms with Crippen molar-refractivity contribution in [3.05, 3.63) is 94.3 Å². The lowest BCUT2D eigenvalue weighted by Crippen LogP contribution is -2.47. The van der Waals surface area contributed by atoms with Crippen molar-refractivity contribution in [2.24, 2.45) is 7.05 Å². The highest BCUT2D eigenvalue weighted by molar-refractivity contribution is 6.13. The fourth-order valence-electron chi connectivity index (χ4n) is 7.14. The Labute approximate surface area is 209 Å². The van der Waals surface area contributed by atoms with Crippen LogP contribution in [0.1, 0.15) is 75.2 Å². The van der Waals surface area contributed by atoms with Crippen molar-refractivity contribution >= 4 is 27.3 Å². The summed E-state index contributed by atoms with van der Waals surface area (Å²) in [5.74, 6) is 0. The zero-order valence-corrected chi connectivity index (χ0v) is 22.7. The van der Waals surface area contributed by atoms with Gasteiger partial charge in [-0.2, -0.15) is 4.40 Å². The summed E-state index contributed by atoms with van der Waals surface area (Å²) < 4.78 is 5.16. The molecule has 178 valence electrons. The van der Waals surface area contributed by atoms with E-state index in [0.717, 1.165) is 0 Å². The van der Waals surface area contributed by atoms with Crippen LogP contribution in [0.2, 0.25) is 0 Å². The van der Waals surface area contributed by atoms with Crippen LogP contribution in [0.25, 0.3) is 27.3 Å². The topological polar surface area (TPSA) is 8.29 Å². The quantitative estimate of drug-likeness (QED) is 0.189. The number of aryl methyl sites for hydroxylation is 3. The molecular formula is C33H37N2+. The number of hydrogen-bond acceptors (Lipinski definition) is 0. The van der Waals surface area contributed by atoms with Crippen molar-refractivity contribution in [3.63, 3.8) is 0 Å². The largest absolute Gasteiger partial charge is 0.295 e. The number of hydrogen-bond donors (Lipinski definition) is 0. The monoisotopic (exact) mass is 461 g/mol. The number of aromatic nitrogens is 2. The van der Waals surface area contributed by atoms with Gasteiger partial charge in [0.25, 0.3) is 5.65 Å². The maximum absolute atomic E-state index is 2.64. The Morgan fingerprint density at radius 2 is 1.37 bits per heavy atom. The molecule has 0 bridgehead atoms. The standard InChI is InChI=1S/C33H37N2/c1-20-14-10-11-18-24(20)31(3,4)28-29-33(7,8)32(5,6)25-19-13-17-23-22-16-12-15-21(2)26(22)30(34(28)9)35(29)27(23)25/h10-19H,1-9H3/q+1. The summed E-state index contributed by atoms with van der Waals surface area (Å²) in [6.45, 7) is 19.1. The first kappa shape index (κ1) is 22.3. The molecule has 2 nitrogen and oxygen atoms in total. The highest BCUT2D eigenvalue weighted by Crippen LogP contribution is 2.53. The van der Waals surface area contributed by atoms with Crippen molar-refractivity contribution in [2.45, 2.75) is 71.6 Å². The van der Waals surface area contributed by atoms with Gasteiger partial charge in [-0.1, -0.05) is 88.4 Å². The molecule has 2 heteroatoms. The number of rotatable bonds is 2. The third-order valence-corrected chi connectivity index (χ3v) is 9.60. The molecule has 0 saturated heterocycles. The predicted molar refractivity (Wildman–Crippen MR) is 148 cm³/mol. The first-order valence-corrected chi connectivity index (χ1v) is 12.9. The van der Waals surface area contributed by atoms with Crippen LogP contribution in [-0.2, 0) is 23.3 Å². The van der Waals surface area contributed by atoms with Gasteiger partial charge in [0, 0.05) is 27.2 Å². The van der Waals surface area contributed by atoms with Gasteiger partial charge >= 0.3 is 0 Å². The number of para-hydroxylation sites is 1. The maximum atomic E-state index is 2.64. The fourth-order valence-corrected chi connectivity index (χ4v) is 7.14. The molecule has 3 aromatic carbocycles. The van der Waals surface area contributed by atoms with E-state index in [-0.39, 0.29) is 16.2 Å². The zero-order chi connectivity index (χ0) is 25.1. The van der Waals surface area contributed by atoms with E-state index in [1.54, 1.807) is 0 Å². The molecule has 0 radical (unpaired) electrons. The summed E-state index contributed by atoms with van der Waals surface area (Å²) in [6.07, 6.45) is 0. The number of benzene rings is 3. The summed E-state index contributed by atoms with van der Waals surface area (Å²) >= 11 is 0. The number of fused-ring (bicyclic) bond motifs is 3. The molecule has 1 aliphatic rings. The fraction of sp³-hybridized carbons (Fsp3) is 0.364. The molecule has 1 aliphatic heterocycles. The van der Waals surface area contributed by atoms with E-state index in [1.165, 1.54) is 61.0 Å². The Morgan fingerprint density at radius 1 is 0.743 bits per heavy atom. The Kier molecular flexibility index (Phi) is 4.31. The molecule has 0 spiro atoms. The summed E-state index contributed by atoms with van der Waals surface area (Å²) in [6, 6.07) is 22.6. The smallest absolute Gasteiger partial charge is 0.228 e. The average molecular weight is 462 g/mol. The SMILES string of the molecule is Cc1ccccc1C(C)(C)c1c2n3c4c(cccc4c4cccc(C)c4c3[n+]1C)C(C)(C)C2(C)C. The third kappa shape index (κ3) is 2.53. The lowest BCUT2D eigenvalue weighted by atomic mass is 9.59. The van der Waals surface area contributed by atoms with Crippen LogP contribution in [0, 0.1) is 13.8 Å². The van der Waals surface area contributed by atoms with Gasteiger partial charge in [0.2, 0.25) is 0 Å². The minimum Gasteiger partial charge on any atom is -0.228 e. The van der Waals surface area contributed by atoms with E-state index in [1.807, 2.05) is 0 Å². The third-order valence-electron chi connectivity index (χ3n) is 9.60. The summed E-state index contributed by atoms with van der Waals surface area (Å²) in [5.41, 5.74) is 10.8. The van der Waals surface area contributed by atoms with Gasteiger partial charge < -0.3 is 0 Å². The van der Waals surface area contributed by atoms with Crippen LogP contribution >= 0.6 is 0 Å². The highest BCUT2D eigenvalue weighted by atomic mass is 15.1. The minimum atomic E-state index is -0.164.